The zero-order valence-electron chi connectivity index (χ0n) is 10.5. The van der Waals surface area contributed by atoms with Gasteiger partial charge in [-0.05, 0) is 18.6 Å². The molecule has 0 aliphatic carbocycles. The van der Waals surface area contributed by atoms with Gasteiger partial charge < -0.3 is 5.11 Å². The van der Waals surface area contributed by atoms with E-state index in [0.717, 1.165) is 11.3 Å². The summed E-state index contributed by atoms with van der Waals surface area (Å²) in [5.74, 6) is -0.825. The van der Waals surface area contributed by atoms with E-state index in [9.17, 15) is 4.79 Å². The number of carboxylic acid groups (broad SMARTS) is 1. The van der Waals surface area contributed by atoms with E-state index in [-0.39, 0.29) is 11.7 Å². The topological polar surface area (TPSA) is 63.1 Å². The van der Waals surface area contributed by atoms with Crippen LogP contribution in [0.5, 0.6) is 0 Å². The van der Waals surface area contributed by atoms with Crippen LogP contribution in [0, 0.1) is 6.92 Å². The van der Waals surface area contributed by atoms with Crippen LogP contribution in [0.4, 0.5) is 0 Å². The molecule has 1 aromatic carbocycles. The maximum atomic E-state index is 11.0. The van der Waals surface area contributed by atoms with Crippen LogP contribution in [0.3, 0.4) is 0 Å². The third-order valence-corrected chi connectivity index (χ3v) is 3.68. The highest BCUT2D eigenvalue weighted by molar-refractivity contribution is 7.99. The van der Waals surface area contributed by atoms with E-state index in [4.69, 9.17) is 5.11 Å². The Morgan fingerprint density at radius 2 is 2.05 bits per heavy atom. The Kier molecular flexibility index (Phi) is 4.52. The molecule has 0 saturated heterocycles. The highest BCUT2D eigenvalue weighted by Crippen LogP contribution is 2.35. The average molecular weight is 274 g/mol. The van der Waals surface area contributed by atoms with Gasteiger partial charge in [-0.3, -0.25) is 4.79 Å². The van der Waals surface area contributed by atoms with Gasteiger partial charge in [0.05, 0.1) is 6.42 Å². The fourth-order valence-electron chi connectivity index (χ4n) is 1.66. The summed E-state index contributed by atoms with van der Waals surface area (Å²) in [6.07, 6.45) is 1.74. The summed E-state index contributed by atoms with van der Waals surface area (Å²) in [7, 11) is 0. The first-order chi connectivity index (χ1) is 9.15. The SMILES string of the molecule is Cc1ccnc(SC(CC(=O)O)c2ccccc2)n1. The van der Waals surface area contributed by atoms with Crippen molar-refractivity contribution in [2.45, 2.75) is 23.8 Å². The third kappa shape index (κ3) is 4.06. The van der Waals surface area contributed by atoms with Crippen molar-refractivity contribution >= 4 is 17.7 Å². The van der Waals surface area contributed by atoms with E-state index < -0.39 is 5.97 Å². The molecule has 1 N–H and O–H groups in total. The molecule has 0 amide bonds. The Balaban J connectivity index is 2.21. The summed E-state index contributed by atoms with van der Waals surface area (Å²) in [6, 6.07) is 11.4. The zero-order chi connectivity index (χ0) is 13.7. The number of benzene rings is 1. The van der Waals surface area contributed by atoms with Crippen molar-refractivity contribution in [3.63, 3.8) is 0 Å². The molecule has 2 rings (SSSR count). The van der Waals surface area contributed by atoms with Crippen LogP contribution in [0.1, 0.15) is 22.9 Å². The number of carbonyl (C=O) groups is 1. The van der Waals surface area contributed by atoms with Crippen molar-refractivity contribution in [2.75, 3.05) is 0 Å². The van der Waals surface area contributed by atoms with Gasteiger partial charge in [-0.2, -0.15) is 0 Å². The number of rotatable bonds is 5. The molecule has 0 fully saturated rings. The maximum absolute atomic E-state index is 11.0. The van der Waals surface area contributed by atoms with Gasteiger partial charge in [0.15, 0.2) is 5.16 Å². The quantitative estimate of drug-likeness (QED) is 0.670. The van der Waals surface area contributed by atoms with Crippen molar-refractivity contribution in [1.82, 2.24) is 9.97 Å². The molecule has 0 bridgehead atoms. The number of aromatic nitrogens is 2. The molecule has 1 heterocycles. The summed E-state index contributed by atoms with van der Waals surface area (Å²) in [5.41, 5.74) is 1.85. The number of hydrogen-bond acceptors (Lipinski definition) is 4. The zero-order valence-corrected chi connectivity index (χ0v) is 11.3. The molecule has 5 heteroatoms. The predicted molar refractivity (Wildman–Crippen MR) is 74.1 cm³/mol. The van der Waals surface area contributed by atoms with Gasteiger partial charge in [-0.25, -0.2) is 9.97 Å². The van der Waals surface area contributed by atoms with Crippen molar-refractivity contribution in [3.05, 3.63) is 53.9 Å². The van der Waals surface area contributed by atoms with Crippen LogP contribution in [0.2, 0.25) is 0 Å². The number of aryl methyl sites for hydroxylation is 1. The lowest BCUT2D eigenvalue weighted by molar-refractivity contribution is -0.137. The standard InChI is InChI=1S/C14H14N2O2S/c1-10-7-8-15-14(16-10)19-12(9-13(17)18)11-5-3-2-4-6-11/h2-8,12H,9H2,1H3,(H,17,18). The van der Waals surface area contributed by atoms with E-state index in [0.29, 0.717) is 5.16 Å². The minimum atomic E-state index is -0.825. The molecular weight excluding hydrogens is 260 g/mol. The molecule has 0 aliphatic heterocycles. The number of hydrogen-bond donors (Lipinski definition) is 1. The third-order valence-electron chi connectivity index (χ3n) is 2.55. The van der Waals surface area contributed by atoms with Gasteiger partial charge in [0, 0.05) is 17.1 Å². The molecule has 1 aromatic heterocycles. The Labute approximate surface area is 115 Å². The smallest absolute Gasteiger partial charge is 0.304 e. The summed E-state index contributed by atoms with van der Waals surface area (Å²) in [6.45, 7) is 1.89. The summed E-state index contributed by atoms with van der Waals surface area (Å²) < 4.78 is 0. The van der Waals surface area contributed by atoms with Gasteiger partial charge in [0.1, 0.15) is 0 Å². The first-order valence-corrected chi connectivity index (χ1v) is 6.76. The molecule has 0 radical (unpaired) electrons. The van der Waals surface area contributed by atoms with Crippen LogP contribution < -0.4 is 0 Å². The Bertz CT molecular complexity index is 560. The second-order valence-corrected chi connectivity index (χ2v) is 5.27. The van der Waals surface area contributed by atoms with Crippen molar-refractivity contribution < 1.29 is 9.90 Å². The summed E-state index contributed by atoms with van der Waals surface area (Å²) in [5, 5.41) is 9.45. The number of carboxylic acids is 1. The first kappa shape index (κ1) is 13.5. The lowest BCUT2D eigenvalue weighted by Gasteiger charge is -2.13. The fourth-order valence-corrected chi connectivity index (χ4v) is 2.76. The Morgan fingerprint density at radius 1 is 1.32 bits per heavy atom. The number of thioether (sulfide) groups is 1. The predicted octanol–water partition coefficient (Wildman–Crippen LogP) is 3.09. The maximum Gasteiger partial charge on any atom is 0.304 e. The highest BCUT2D eigenvalue weighted by atomic mass is 32.2. The van der Waals surface area contributed by atoms with Crippen molar-refractivity contribution in [2.24, 2.45) is 0 Å². The second-order valence-electron chi connectivity index (χ2n) is 4.10. The summed E-state index contributed by atoms with van der Waals surface area (Å²) >= 11 is 1.38. The molecule has 0 saturated carbocycles. The van der Waals surface area contributed by atoms with Gasteiger partial charge in [0.25, 0.3) is 0 Å². The molecule has 98 valence electrons. The monoisotopic (exact) mass is 274 g/mol. The van der Waals surface area contributed by atoms with Crippen molar-refractivity contribution in [1.29, 1.82) is 0 Å². The van der Waals surface area contributed by atoms with Crippen molar-refractivity contribution in [3.8, 4) is 0 Å². The highest BCUT2D eigenvalue weighted by Gasteiger charge is 2.18. The van der Waals surface area contributed by atoms with Gasteiger partial charge >= 0.3 is 5.97 Å². The van der Waals surface area contributed by atoms with Crippen LogP contribution in [0.25, 0.3) is 0 Å². The molecule has 1 atom stereocenters. The number of aliphatic carboxylic acids is 1. The number of nitrogens with zero attached hydrogens (tertiary/aromatic N) is 2. The fraction of sp³-hybridized carbons (Fsp3) is 0.214. The minimum Gasteiger partial charge on any atom is -0.481 e. The van der Waals surface area contributed by atoms with Crippen LogP contribution in [-0.2, 0) is 4.79 Å². The molecule has 0 spiro atoms. The minimum absolute atomic E-state index is 0.0476. The summed E-state index contributed by atoms with van der Waals surface area (Å²) in [4.78, 5) is 19.5. The first-order valence-electron chi connectivity index (χ1n) is 5.88. The Hall–Kier alpha value is -1.88. The van der Waals surface area contributed by atoms with Crippen LogP contribution in [0.15, 0.2) is 47.8 Å². The van der Waals surface area contributed by atoms with Crippen LogP contribution in [-0.4, -0.2) is 21.0 Å². The van der Waals surface area contributed by atoms with E-state index >= 15 is 0 Å². The largest absolute Gasteiger partial charge is 0.481 e. The lowest BCUT2D eigenvalue weighted by Crippen LogP contribution is -2.04. The van der Waals surface area contributed by atoms with E-state index in [1.54, 1.807) is 6.20 Å². The van der Waals surface area contributed by atoms with Crippen LogP contribution >= 0.6 is 11.8 Å². The van der Waals surface area contributed by atoms with Gasteiger partial charge in [-0.15, -0.1) is 0 Å². The van der Waals surface area contributed by atoms with E-state index in [2.05, 4.69) is 9.97 Å². The van der Waals surface area contributed by atoms with E-state index in [1.807, 2.05) is 43.3 Å². The van der Waals surface area contributed by atoms with Gasteiger partial charge in [0.2, 0.25) is 0 Å². The normalized spacial score (nSPS) is 12.1. The molecular formula is C14H14N2O2S. The average Bonchev–Trinajstić information content (AvgIpc) is 2.38. The molecule has 19 heavy (non-hydrogen) atoms. The second kappa shape index (κ2) is 6.33. The lowest BCUT2D eigenvalue weighted by atomic mass is 10.1. The molecule has 2 aromatic rings. The molecule has 4 nitrogen and oxygen atoms in total. The molecule has 0 aliphatic rings. The van der Waals surface area contributed by atoms with Gasteiger partial charge in [-0.1, -0.05) is 42.1 Å². The van der Waals surface area contributed by atoms with E-state index in [1.165, 1.54) is 11.8 Å². The molecule has 1 unspecified atom stereocenters. The Morgan fingerprint density at radius 3 is 2.68 bits per heavy atom.